The van der Waals surface area contributed by atoms with Crippen molar-refractivity contribution in [3.8, 4) is 5.75 Å². The van der Waals surface area contributed by atoms with Crippen LogP contribution in [0.4, 0.5) is 5.69 Å². The molecule has 0 spiro atoms. The van der Waals surface area contributed by atoms with E-state index in [1.54, 1.807) is 18.2 Å². The summed E-state index contributed by atoms with van der Waals surface area (Å²) in [6, 6.07) is 5.15. The SMILES string of the molecule is CCOc1ccc(Cl)cc1NC(=O)CCC(C)(C)N. The van der Waals surface area contributed by atoms with Gasteiger partial charge in [-0.2, -0.15) is 0 Å². The molecule has 0 saturated heterocycles. The van der Waals surface area contributed by atoms with Crippen LogP contribution in [0.15, 0.2) is 18.2 Å². The van der Waals surface area contributed by atoms with Gasteiger partial charge in [-0.25, -0.2) is 0 Å². The lowest BCUT2D eigenvalue weighted by Gasteiger charge is -2.18. The number of carbonyl (C=O) groups excluding carboxylic acids is 1. The van der Waals surface area contributed by atoms with Gasteiger partial charge in [-0.1, -0.05) is 11.6 Å². The van der Waals surface area contributed by atoms with Gasteiger partial charge in [0.25, 0.3) is 0 Å². The van der Waals surface area contributed by atoms with Crippen LogP contribution in [0.5, 0.6) is 5.75 Å². The first-order valence-electron chi connectivity index (χ1n) is 6.33. The Labute approximate surface area is 119 Å². The van der Waals surface area contributed by atoms with E-state index in [9.17, 15) is 4.79 Å². The summed E-state index contributed by atoms with van der Waals surface area (Å²) in [7, 11) is 0. The number of rotatable bonds is 6. The Morgan fingerprint density at radius 1 is 1.47 bits per heavy atom. The summed E-state index contributed by atoms with van der Waals surface area (Å²) in [5.41, 5.74) is 6.09. The molecule has 0 fully saturated rings. The molecule has 1 rings (SSSR count). The minimum Gasteiger partial charge on any atom is -0.492 e. The largest absolute Gasteiger partial charge is 0.492 e. The predicted molar refractivity (Wildman–Crippen MR) is 78.8 cm³/mol. The maximum atomic E-state index is 11.9. The molecule has 4 nitrogen and oxygen atoms in total. The van der Waals surface area contributed by atoms with Crippen LogP contribution in [-0.2, 0) is 4.79 Å². The summed E-state index contributed by atoms with van der Waals surface area (Å²) in [4.78, 5) is 11.9. The fraction of sp³-hybridized carbons (Fsp3) is 0.500. The molecule has 3 N–H and O–H groups in total. The molecule has 0 atom stereocenters. The maximum absolute atomic E-state index is 11.9. The molecule has 0 aromatic heterocycles. The second-order valence-electron chi connectivity index (χ2n) is 5.11. The summed E-state index contributed by atoms with van der Waals surface area (Å²) in [6.45, 7) is 6.20. The molecule has 1 amide bonds. The highest BCUT2D eigenvalue weighted by Crippen LogP contribution is 2.28. The summed E-state index contributed by atoms with van der Waals surface area (Å²) in [5, 5.41) is 3.36. The number of halogens is 1. The Hall–Kier alpha value is -1.26. The molecule has 0 aliphatic rings. The fourth-order valence-electron chi connectivity index (χ4n) is 1.53. The highest BCUT2D eigenvalue weighted by Gasteiger charge is 2.14. The molecule has 0 radical (unpaired) electrons. The van der Waals surface area contributed by atoms with Gasteiger partial charge in [0.15, 0.2) is 0 Å². The number of carbonyl (C=O) groups is 1. The van der Waals surface area contributed by atoms with E-state index in [4.69, 9.17) is 22.1 Å². The average molecular weight is 285 g/mol. The van der Waals surface area contributed by atoms with Gasteiger partial charge in [0.2, 0.25) is 5.91 Å². The van der Waals surface area contributed by atoms with Crippen LogP contribution in [0, 0.1) is 0 Å². The van der Waals surface area contributed by atoms with E-state index in [2.05, 4.69) is 5.32 Å². The van der Waals surface area contributed by atoms with Gasteiger partial charge in [-0.15, -0.1) is 0 Å². The Balaban J connectivity index is 2.69. The molecule has 0 aliphatic carbocycles. The lowest BCUT2D eigenvalue weighted by atomic mass is 10.00. The van der Waals surface area contributed by atoms with Crippen LogP contribution in [0.3, 0.4) is 0 Å². The summed E-state index contributed by atoms with van der Waals surface area (Å²) < 4.78 is 5.44. The van der Waals surface area contributed by atoms with Gasteiger partial charge >= 0.3 is 0 Å². The number of nitrogens with one attached hydrogen (secondary N) is 1. The van der Waals surface area contributed by atoms with Gasteiger partial charge < -0.3 is 15.8 Å². The van der Waals surface area contributed by atoms with E-state index in [1.807, 2.05) is 20.8 Å². The zero-order chi connectivity index (χ0) is 14.5. The number of hydrogen-bond acceptors (Lipinski definition) is 3. The molecular formula is C14H21ClN2O2. The van der Waals surface area contributed by atoms with E-state index < -0.39 is 0 Å². The smallest absolute Gasteiger partial charge is 0.224 e. The van der Waals surface area contributed by atoms with Crippen LogP contribution in [-0.4, -0.2) is 18.1 Å². The number of amides is 1. The first-order valence-corrected chi connectivity index (χ1v) is 6.70. The molecule has 0 unspecified atom stereocenters. The van der Waals surface area contributed by atoms with Crippen molar-refractivity contribution in [2.45, 2.75) is 39.2 Å². The van der Waals surface area contributed by atoms with Gasteiger partial charge in [-0.05, 0) is 45.4 Å². The minimum absolute atomic E-state index is 0.0956. The van der Waals surface area contributed by atoms with Gasteiger partial charge in [0.1, 0.15) is 5.75 Å². The molecule has 1 aromatic carbocycles. The molecular weight excluding hydrogens is 264 g/mol. The van der Waals surface area contributed by atoms with Crippen molar-refractivity contribution in [2.75, 3.05) is 11.9 Å². The van der Waals surface area contributed by atoms with Crippen molar-refractivity contribution in [1.82, 2.24) is 0 Å². The van der Waals surface area contributed by atoms with E-state index in [0.717, 1.165) is 0 Å². The standard InChI is InChI=1S/C14H21ClN2O2/c1-4-19-12-6-5-10(15)9-11(12)17-13(18)7-8-14(2,3)16/h5-6,9H,4,7-8,16H2,1-3H3,(H,17,18). The van der Waals surface area contributed by atoms with Gasteiger partial charge in [0.05, 0.1) is 12.3 Å². The molecule has 0 heterocycles. The van der Waals surface area contributed by atoms with E-state index in [1.165, 1.54) is 0 Å². The van der Waals surface area contributed by atoms with Gasteiger partial charge in [0, 0.05) is 17.0 Å². The quantitative estimate of drug-likeness (QED) is 0.843. The lowest BCUT2D eigenvalue weighted by molar-refractivity contribution is -0.116. The maximum Gasteiger partial charge on any atom is 0.224 e. The number of anilines is 1. The van der Waals surface area contributed by atoms with Crippen molar-refractivity contribution in [2.24, 2.45) is 5.73 Å². The third-order valence-electron chi connectivity index (χ3n) is 2.51. The molecule has 19 heavy (non-hydrogen) atoms. The molecule has 106 valence electrons. The predicted octanol–water partition coefficient (Wildman–Crippen LogP) is 3.19. The Morgan fingerprint density at radius 2 is 2.16 bits per heavy atom. The van der Waals surface area contributed by atoms with E-state index in [0.29, 0.717) is 35.9 Å². The molecule has 5 heteroatoms. The summed E-state index contributed by atoms with van der Waals surface area (Å²) >= 11 is 5.92. The fourth-order valence-corrected chi connectivity index (χ4v) is 1.70. The Morgan fingerprint density at radius 3 is 2.74 bits per heavy atom. The van der Waals surface area contributed by atoms with Crippen LogP contribution in [0.2, 0.25) is 5.02 Å². The highest BCUT2D eigenvalue weighted by molar-refractivity contribution is 6.31. The number of benzene rings is 1. The average Bonchev–Trinajstić information content (AvgIpc) is 2.29. The van der Waals surface area contributed by atoms with Crippen molar-refractivity contribution in [3.63, 3.8) is 0 Å². The molecule has 1 aromatic rings. The first-order chi connectivity index (χ1) is 8.81. The Kier molecular flexibility index (Phi) is 5.63. The minimum atomic E-state index is -0.353. The molecule has 0 bridgehead atoms. The zero-order valence-electron chi connectivity index (χ0n) is 11.6. The third-order valence-corrected chi connectivity index (χ3v) is 2.75. The number of nitrogens with two attached hydrogens (primary N) is 1. The normalized spacial score (nSPS) is 11.2. The number of ether oxygens (including phenoxy) is 1. The second kappa shape index (κ2) is 6.78. The highest BCUT2D eigenvalue weighted by atomic mass is 35.5. The van der Waals surface area contributed by atoms with Crippen LogP contribution in [0.1, 0.15) is 33.6 Å². The Bertz CT molecular complexity index is 442. The summed E-state index contributed by atoms with van der Waals surface area (Å²) in [5.74, 6) is 0.522. The van der Waals surface area contributed by atoms with Crippen LogP contribution in [0.25, 0.3) is 0 Å². The van der Waals surface area contributed by atoms with E-state index in [-0.39, 0.29) is 11.4 Å². The molecule has 0 aliphatic heterocycles. The first kappa shape index (κ1) is 15.8. The topological polar surface area (TPSA) is 64.3 Å². The summed E-state index contributed by atoms with van der Waals surface area (Å²) in [6.07, 6.45) is 0.977. The third kappa shape index (κ3) is 5.94. The zero-order valence-corrected chi connectivity index (χ0v) is 12.4. The lowest BCUT2D eigenvalue weighted by Crippen LogP contribution is -2.33. The van der Waals surface area contributed by atoms with Crippen LogP contribution >= 0.6 is 11.6 Å². The van der Waals surface area contributed by atoms with Crippen molar-refractivity contribution >= 4 is 23.2 Å². The van der Waals surface area contributed by atoms with Crippen molar-refractivity contribution < 1.29 is 9.53 Å². The number of hydrogen-bond donors (Lipinski definition) is 2. The van der Waals surface area contributed by atoms with Crippen LogP contribution < -0.4 is 15.8 Å². The molecule has 0 saturated carbocycles. The monoisotopic (exact) mass is 284 g/mol. The van der Waals surface area contributed by atoms with Crippen molar-refractivity contribution in [1.29, 1.82) is 0 Å². The second-order valence-corrected chi connectivity index (χ2v) is 5.55. The van der Waals surface area contributed by atoms with Gasteiger partial charge in [-0.3, -0.25) is 4.79 Å². The van der Waals surface area contributed by atoms with Crippen molar-refractivity contribution in [3.05, 3.63) is 23.2 Å². The van der Waals surface area contributed by atoms with E-state index >= 15 is 0 Å².